The second kappa shape index (κ2) is 4.63. The number of fused-ring (bicyclic) bond motifs is 3. The quantitative estimate of drug-likeness (QED) is 0.830. The summed E-state index contributed by atoms with van der Waals surface area (Å²) >= 11 is 0. The zero-order chi connectivity index (χ0) is 13.5. The molecule has 4 rings (SSSR count). The zero-order valence-corrected chi connectivity index (χ0v) is 11.4. The Morgan fingerprint density at radius 1 is 1.15 bits per heavy atom. The van der Waals surface area contributed by atoms with E-state index < -0.39 is 0 Å². The molecule has 4 nitrogen and oxygen atoms in total. The van der Waals surface area contributed by atoms with Crippen LogP contribution in [-0.4, -0.2) is 42.0 Å². The van der Waals surface area contributed by atoms with E-state index in [-0.39, 0.29) is 5.91 Å². The standard InChI is InChI=1S/C16H19N3O/c20-16(15-6-13-3-1-2-4-14(13)18-15)19-9-11-5-12(10-19)8-17-7-11/h1-4,6,11-12,17-18H,5,7-10H2/t11-,12+. The van der Waals surface area contributed by atoms with Crippen molar-refractivity contribution in [2.45, 2.75) is 6.42 Å². The lowest BCUT2D eigenvalue weighted by molar-refractivity contribution is 0.0533. The number of likely N-dealkylation sites (tertiary alicyclic amines) is 1. The number of para-hydroxylation sites is 1. The van der Waals surface area contributed by atoms with E-state index in [1.807, 2.05) is 35.2 Å². The molecule has 1 amide bonds. The molecule has 0 aliphatic carbocycles. The van der Waals surface area contributed by atoms with Crippen LogP contribution in [-0.2, 0) is 0 Å². The van der Waals surface area contributed by atoms with Gasteiger partial charge in [0.25, 0.3) is 5.91 Å². The van der Waals surface area contributed by atoms with Gasteiger partial charge in [0.15, 0.2) is 0 Å². The molecule has 0 saturated carbocycles. The molecule has 20 heavy (non-hydrogen) atoms. The van der Waals surface area contributed by atoms with Crippen LogP contribution in [0.1, 0.15) is 16.9 Å². The first kappa shape index (κ1) is 12.0. The lowest BCUT2D eigenvalue weighted by Crippen LogP contribution is -2.52. The van der Waals surface area contributed by atoms with Gasteiger partial charge in [0.05, 0.1) is 0 Å². The fourth-order valence-corrected chi connectivity index (χ4v) is 3.63. The monoisotopic (exact) mass is 269 g/mol. The second-order valence-electron chi connectivity index (χ2n) is 6.11. The van der Waals surface area contributed by atoms with E-state index in [1.165, 1.54) is 6.42 Å². The number of carbonyl (C=O) groups excluding carboxylic acids is 1. The molecule has 0 unspecified atom stereocenters. The third kappa shape index (κ3) is 2.00. The molecule has 4 heteroatoms. The Hall–Kier alpha value is -1.81. The van der Waals surface area contributed by atoms with Crippen LogP contribution in [0.5, 0.6) is 0 Å². The molecule has 3 heterocycles. The number of carbonyl (C=O) groups is 1. The number of amides is 1. The van der Waals surface area contributed by atoms with E-state index in [2.05, 4.69) is 10.3 Å². The summed E-state index contributed by atoms with van der Waals surface area (Å²) in [4.78, 5) is 18.0. The van der Waals surface area contributed by atoms with Crippen LogP contribution in [0.2, 0.25) is 0 Å². The lowest BCUT2D eigenvalue weighted by atomic mass is 9.86. The fraction of sp³-hybridized carbons (Fsp3) is 0.438. The minimum atomic E-state index is 0.151. The average molecular weight is 269 g/mol. The lowest BCUT2D eigenvalue weighted by Gasteiger charge is -2.41. The van der Waals surface area contributed by atoms with Crippen LogP contribution in [0.4, 0.5) is 0 Å². The minimum absolute atomic E-state index is 0.151. The molecule has 0 radical (unpaired) electrons. The van der Waals surface area contributed by atoms with Crippen molar-refractivity contribution >= 4 is 16.8 Å². The molecule has 2 aromatic rings. The predicted molar refractivity (Wildman–Crippen MR) is 78.7 cm³/mol. The summed E-state index contributed by atoms with van der Waals surface area (Å²) in [6, 6.07) is 10.0. The molecular weight excluding hydrogens is 250 g/mol. The van der Waals surface area contributed by atoms with E-state index >= 15 is 0 Å². The summed E-state index contributed by atoms with van der Waals surface area (Å²) in [5.41, 5.74) is 1.76. The van der Waals surface area contributed by atoms with E-state index in [4.69, 9.17) is 0 Å². The highest BCUT2D eigenvalue weighted by molar-refractivity contribution is 5.98. The van der Waals surface area contributed by atoms with Gasteiger partial charge in [0.1, 0.15) is 5.69 Å². The largest absolute Gasteiger partial charge is 0.351 e. The average Bonchev–Trinajstić information content (AvgIpc) is 2.90. The normalized spacial score (nSPS) is 25.9. The summed E-state index contributed by atoms with van der Waals surface area (Å²) in [6.07, 6.45) is 1.27. The van der Waals surface area contributed by atoms with Gasteiger partial charge in [-0.05, 0) is 43.5 Å². The summed E-state index contributed by atoms with van der Waals surface area (Å²) in [6.45, 7) is 3.87. The highest BCUT2D eigenvalue weighted by Crippen LogP contribution is 2.26. The van der Waals surface area contributed by atoms with E-state index in [0.717, 1.165) is 42.8 Å². The van der Waals surface area contributed by atoms with Gasteiger partial charge in [-0.1, -0.05) is 18.2 Å². The number of hydrogen-bond donors (Lipinski definition) is 2. The molecule has 0 spiro atoms. The van der Waals surface area contributed by atoms with E-state index in [9.17, 15) is 4.79 Å². The smallest absolute Gasteiger partial charge is 0.270 e. The fourth-order valence-electron chi connectivity index (χ4n) is 3.63. The maximum absolute atomic E-state index is 12.7. The van der Waals surface area contributed by atoms with Crippen LogP contribution >= 0.6 is 0 Å². The molecule has 2 atom stereocenters. The van der Waals surface area contributed by atoms with Gasteiger partial charge in [0, 0.05) is 24.0 Å². The summed E-state index contributed by atoms with van der Waals surface area (Å²) in [7, 11) is 0. The third-order valence-electron chi connectivity index (χ3n) is 4.54. The molecule has 2 fully saturated rings. The van der Waals surface area contributed by atoms with E-state index in [1.54, 1.807) is 0 Å². The van der Waals surface area contributed by atoms with Crippen molar-refractivity contribution in [1.29, 1.82) is 0 Å². The Bertz CT molecular complexity index is 603. The van der Waals surface area contributed by atoms with Crippen LogP contribution in [0.25, 0.3) is 10.9 Å². The Kier molecular flexibility index (Phi) is 2.77. The molecular formula is C16H19N3O. The van der Waals surface area contributed by atoms with Gasteiger partial charge in [-0.15, -0.1) is 0 Å². The molecule has 1 aromatic carbocycles. The Balaban J connectivity index is 1.60. The van der Waals surface area contributed by atoms with Crippen molar-refractivity contribution in [2.75, 3.05) is 26.2 Å². The highest BCUT2D eigenvalue weighted by Gasteiger charge is 2.33. The van der Waals surface area contributed by atoms with Gasteiger partial charge in [0.2, 0.25) is 0 Å². The topological polar surface area (TPSA) is 48.1 Å². The Labute approximate surface area is 118 Å². The summed E-state index contributed by atoms with van der Waals surface area (Å²) in [5, 5.41) is 4.57. The molecule has 1 aromatic heterocycles. The number of aromatic nitrogens is 1. The van der Waals surface area contributed by atoms with Gasteiger partial charge in [-0.3, -0.25) is 4.79 Å². The van der Waals surface area contributed by atoms with Crippen molar-refractivity contribution < 1.29 is 4.79 Å². The molecule has 2 bridgehead atoms. The van der Waals surface area contributed by atoms with Crippen LogP contribution in [0.15, 0.2) is 30.3 Å². The highest BCUT2D eigenvalue weighted by atomic mass is 16.2. The number of piperidine rings is 2. The van der Waals surface area contributed by atoms with Gasteiger partial charge in [-0.25, -0.2) is 0 Å². The van der Waals surface area contributed by atoms with Gasteiger partial charge >= 0.3 is 0 Å². The minimum Gasteiger partial charge on any atom is -0.351 e. The van der Waals surface area contributed by atoms with Crippen molar-refractivity contribution in [3.8, 4) is 0 Å². The maximum Gasteiger partial charge on any atom is 0.270 e. The van der Waals surface area contributed by atoms with Crippen LogP contribution in [0, 0.1) is 11.8 Å². The maximum atomic E-state index is 12.7. The van der Waals surface area contributed by atoms with Gasteiger partial charge in [-0.2, -0.15) is 0 Å². The molecule has 2 aliphatic rings. The first-order valence-electron chi connectivity index (χ1n) is 7.37. The number of benzene rings is 1. The second-order valence-corrected chi connectivity index (χ2v) is 6.11. The van der Waals surface area contributed by atoms with Crippen LogP contribution in [0.3, 0.4) is 0 Å². The number of nitrogens with zero attached hydrogens (tertiary/aromatic N) is 1. The molecule has 104 valence electrons. The first-order chi connectivity index (χ1) is 9.79. The summed E-state index contributed by atoms with van der Waals surface area (Å²) < 4.78 is 0. The van der Waals surface area contributed by atoms with E-state index in [0.29, 0.717) is 11.8 Å². The third-order valence-corrected chi connectivity index (χ3v) is 4.54. The first-order valence-corrected chi connectivity index (χ1v) is 7.37. The zero-order valence-electron chi connectivity index (χ0n) is 11.4. The van der Waals surface area contributed by atoms with Crippen LogP contribution < -0.4 is 5.32 Å². The summed E-state index contributed by atoms with van der Waals surface area (Å²) in [5.74, 6) is 1.39. The van der Waals surface area contributed by atoms with Crippen molar-refractivity contribution in [3.63, 3.8) is 0 Å². The number of nitrogens with one attached hydrogen (secondary N) is 2. The van der Waals surface area contributed by atoms with Crippen molar-refractivity contribution in [1.82, 2.24) is 15.2 Å². The number of aromatic amines is 1. The predicted octanol–water partition coefficient (Wildman–Crippen LogP) is 1.85. The number of rotatable bonds is 1. The number of hydrogen-bond acceptors (Lipinski definition) is 2. The SMILES string of the molecule is O=C(c1cc2ccccc2[nH]1)N1C[C@@H]2CNC[C@@H](C2)C1. The Morgan fingerprint density at radius 3 is 2.65 bits per heavy atom. The van der Waals surface area contributed by atoms with Crippen molar-refractivity contribution in [2.24, 2.45) is 11.8 Å². The Morgan fingerprint density at radius 2 is 1.90 bits per heavy atom. The van der Waals surface area contributed by atoms with Gasteiger partial charge < -0.3 is 15.2 Å². The molecule has 2 saturated heterocycles. The molecule has 2 N–H and O–H groups in total. The molecule has 2 aliphatic heterocycles. The van der Waals surface area contributed by atoms with Crippen molar-refractivity contribution in [3.05, 3.63) is 36.0 Å². The number of H-pyrrole nitrogens is 1.